The second kappa shape index (κ2) is 9.84. The van der Waals surface area contributed by atoms with Gasteiger partial charge in [0.15, 0.2) is 11.5 Å². The average Bonchev–Trinajstić information content (AvgIpc) is 3.14. The topological polar surface area (TPSA) is 72.8 Å². The van der Waals surface area contributed by atoms with Crippen molar-refractivity contribution in [2.75, 3.05) is 13.7 Å². The van der Waals surface area contributed by atoms with Crippen LogP contribution < -0.4 is 14.9 Å². The van der Waals surface area contributed by atoms with E-state index in [-0.39, 0.29) is 5.91 Å². The van der Waals surface area contributed by atoms with E-state index < -0.39 is 0 Å². The monoisotopic (exact) mass is 409 g/mol. The summed E-state index contributed by atoms with van der Waals surface area (Å²) < 4.78 is 11.0. The number of ether oxygens (including phenoxy) is 2. The van der Waals surface area contributed by atoms with Crippen LogP contribution in [0.3, 0.4) is 0 Å². The molecule has 6 nitrogen and oxygen atoms in total. The van der Waals surface area contributed by atoms with Crippen LogP contribution in [-0.4, -0.2) is 30.8 Å². The first-order valence-corrected chi connectivity index (χ1v) is 10.1. The summed E-state index contributed by atoms with van der Waals surface area (Å²) in [5.41, 5.74) is 4.71. The lowest BCUT2D eigenvalue weighted by Gasteiger charge is -2.10. The molecule has 2 aromatic carbocycles. The van der Waals surface area contributed by atoms with E-state index in [1.54, 1.807) is 13.3 Å². The number of hydrogen-bond acceptors (Lipinski definition) is 6. The zero-order valence-corrected chi connectivity index (χ0v) is 17.5. The van der Waals surface area contributed by atoms with Crippen LogP contribution in [0, 0.1) is 6.92 Å². The number of amides is 1. The standard InChI is InChI=1S/C22H23N3O3S/c1-4-12-28-19-13-16(10-11-18(19)27-3)14-23-25-21(26)20-15(2)29-22(24-20)17-8-6-5-7-9-17/h5-11,13-14H,4,12H2,1-3H3,(H,25,26)/b23-14-. The van der Waals surface area contributed by atoms with Crippen molar-refractivity contribution < 1.29 is 14.3 Å². The molecule has 1 heterocycles. The van der Waals surface area contributed by atoms with Crippen LogP contribution in [0.4, 0.5) is 0 Å². The van der Waals surface area contributed by atoms with Crippen LogP contribution in [-0.2, 0) is 0 Å². The molecule has 0 aliphatic heterocycles. The normalized spacial score (nSPS) is 10.9. The van der Waals surface area contributed by atoms with Gasteiger partial charge in [-0.25, -0.2) is 10.4 Å². The third-order valence-corrected chi connectivity index (χ3v) is 5.08. The summed E-state index contributed by atoms with van der Waals surface area (Å²) in [4.78, 5) is 17.8. The molecule has 1 aromatic heterocycles. The Bertz CT molecular complexity index is 1000. The number of nitrogens with one attached hydrogen (secondary N) is 1. The van der Waals surface area contributed by atoms with E-state index in [4.69, 9.17) is 9.47 Å². The first kappa shape index (κ1) is 20.5. The molecule has 0 saturated heterocycles. The second-order valence-corrected chi connectivity index (χ2v) is 7.45. The van der Waals surface area contributed by atoms with Crippen molar-refractivity contribution >= 4 is 23.5 Å². The zero-order valence-electron chi connectivity index (χ0n) is 16.6. The molecule has 7 heteroatoms. The highest BCUT2D eigenvalue weighted by Gasteiger charge is 2.15. The number of thiazole rings is 1. The lowest BCUT2D eigenvalue weighted by Crippen LogP contribution is -2.19. The smallest absolute Gasteiger partial charge is 0.291 e. The maximum absolute atomic E-state index is 12.5. The molecule has 150 valence electrons. The molecule has 0 saturated carbocycles. The van der Waals surface area contributed by atoms with Crippen molar-refractivity contribution in [2.45, 2.75) is 20.3 Å². The molecule has 3 aromatic rings. The SMILES string of the molecule is CCCOc1cc(/C=N\NC(=O)c2nc(-c3ccccc3)sc2C)ccc1OC. The molecule has 0 unspecified atom stereocenters. The van der Waals surface area contributed by atoms with E-state index in [1.165, 1.54) is 11.3 Å². The Morgan fingerprint density at radius 2 is 2.00 bits per heavy atom. The maximum Gasteiger partial charge on any atom is 0.291 e. The molecule has 0 aliphatic rings. The fourth-order valence-electron chi connectivity index (χ4n) is 2.63. The van der Waals surface area contributed by atoms with E-state index in [1.807, 2.05) is 62.4 Å². The number of methoxy groups -OCH3 is 1. The largest absolute Gasteiger partial charge is 0.493 e. The molecule has 0 fully saturated rings. The van der Waals surface area contributed by atoms with Gasteiger partial charge < -0.3 is 9.47 Å². The third kappa shape index (κ3) is 5.20. The number of hydrazone groups is 1. The molecule has 29 heavy (non-hydrogen) atoms. The number of carbonyl (C=O) groups is 1. The van der Waals surface area contributed by atoms with Crippen molar-refractivity contribution in [3.8, 4) is 22.1 Å². The first-order chi connectivity index (χ1) is 14.1. The Morgan fingerprint density at radius 3 is 2.72 bits per heavy atom. The van der Waals surface area contributed by atoms with Gasteiger partial charge in [-0.3, -0.25) is 4.79 Å². The summed E-state index contributed by atoms with van der Waals surface area (Å²) in [6.07, 6.45) is 2.46. The average molecular weight is 410 g/mol. The minimum absolute atomic E-state index is 0.340. The van der Waals surface area contributed by atoms with Gasteiger partial charge in [0.2, 0.25) is 0 Å². The summed E-state index contributed by atoms with van der Waals surface area (Å²) in [6.45, 7) is 4.51. The lowest BCUT2D eigenvalue weighted by atomic mass is 10.2. The van der Waals surface area contributed by atoms with Crippen LogP contribution in [0.25, 0.3) is 10.6 Å². The number of aromatic nitrogens is 1. The predicted octanol–water partition coefficient (Wildman–Crippen LogP) is 4.68. The van der Waals surface area contributed by atoms with Gasteiger partial charge in [-0.1, -0.05) is 37.3 Å². The van der Waals surface area contributed by atoms with Gasteiger partial charge in [0.05, 0.1) is 19.9 Å². The van der Waals surface area contributed by atoms with Crippen molar-refractivity contribution in [2.24, 2.45) is 5.10 Å². The number of benzene rings is 2. The van der Waals surface area contributed by atoms with Gasteiger partial charge >= 0.3 is 0 Å². The molecule has 1 N–H and O–H groups in total. The second-order valence-electron chi connectivity index (χ2n) is 6.25. The molecule has 0 atom stereocenters. The zero-order chi connectivity index (χ0) is 20.6. The van der Waals surface area contributed by atoms with Gasteiger partial charge in [0, 0.05) is 10.4 Å². The Labute approximate surface area is 174 Å². The molecule has 0 aliphatic carbocycles. The number of hydrogen-bond donors (Lipinski definition) is 1. The molecule has 0 bridgehead atoms. The van der Waals surface area contributed by atoms with Crippen LogP contribution in [0.15, 0.2) is 53.6 Å². The minimum Gasteiger partial charge on any atom is -0.493 e. The molecular weight excluding hydrogens is 386 g/mol. The van der Waals surface area contributed by atoms with Crippen molar-refractivity contribution in [1.82, 2.24) is 10.4 Å². The summed E-state index contributed by atoms with van der Waals surface area (Å²) in [6, 6.07) is 15.3. The Hall–Kier alpha value is -3.19. The molecule has 3 rings (SSSR count). The molecule has 0 radical (unpaired) electrons. The Balaban J connectivity index is 1.69. The highest BCUT2D eigenvalue weighted by Crippen LogP contribution is 2.28. The van der Waals surface area contributed by atoms with Gasteiger partial charge in [-0.2, -0.15) is 5.10 Å². The maximum atomic E-state index is 12.5. The fraction of sp³-hybridized carbons (Fsp3) is 0.227. The Morgan fingerprint density at radius 1 is 1.21 bits per heavy atom. The van der Waals surface area contributed by atoms with E-state index in [0.29, 0.717) is 23.8 Å². The first-order valence-electron chi connectivity index (χ1n) is 9.29. The van der Waals surface area contributed by atoms with Crippen LogP contribution in [0.2, 0.25) is 0 Å². The van der Waals surface area contributed by atoms with E-state index in [0.717, 1.165) is 27.4 Å². The van der Waals surface area contributed by atoms with Crippen LogP contribution in [0.5, 0.6) is 11.5 Å². The lowest BCUT2D eigenvalue weighted by molar-refractivity contribution is 0.0950. The minimum atomic E-state index is -0.340. The predicted molar refractivity (Wildman–Crippen MR) is 116 cm³/mol. The number of nitrogens with zero attached hydrogens (tertiary/aromatic N) is 2. The van der Waals surface area contributed by atoms with Gasteiger partial charge in [0.25, 0.3) is 5.91 Å². The van der Waals surface area contributed by atoms with Crippen molar-refractivity contribution in [3.63, 3.8) is 0 Å². The highest BCUT2D eigenvalue weighted by atomic mass is 32.1. The van der Waals surface area contributed by atoms with Gasteiger partial charge in [0.1, 0.15) is 10.7 Å². The van der Waals surface area contributed by atoms with Crippen molar-refractivity contribution in [1.29, 1.82) is 0 Å². The number of carbonyl (C=O) groups excluding carboxylic acids is 1. The summed E-state index contributed by atoms with van der Waals surface area (Å²) in [5.74, 6) is 0.965. The summed E-state index contributed by atoms with van der Waals surface area (Å²) >= 11 is 1.49. The van der Waals surface area contributed by atoms with Crippen LogP contribution in [0.1, 0.15) is 34.3 Å². The summed E-state index contributed by atoms with van der Waals surface area (Å²) in [5, 5.41) is 4.87. The quantitative estimate of drug-likeness (QED) is 0.433. The molecule has 0 spiro atoms. The van der Waals surface area contributed by atoms with Crippen molar-refractivity contribution in [3.05, 3.63) is 64.7 Å². The van der Waals surface area contributed by atoms with E-state index >= 15 is 0 Å². The number of rotatable bonds is 8. The third-order valence-electron chi connectivity index (χ3n) is 4.06. The molecular formula is C22H23N3O3S. The van der Waals surface area contributed by atoms with Crippen LogP contribution >= 0.6 is 11.3 Å². The van der Waals surface area contributed by atoms with E-state index in [9.17, 15) is 4.79 Å². The molecule has 1 amide bonds. The number of aryl methyl sites for hydroxylation is 1. The van der Waals surface area contributed by atoms with Gasteiger partial charge in [-0.05, 0) is 37.1 Å². The van der Waals surface area contributed by atoms with E-state index in [2.05, 4.69) is 15.5 Å². The summed E-state index contributed by atoms with van der Waals surface area (Å²) in [7, 11) is 1.60. The fourth-order valence-corrected chi connectivity index (χ4v) is 3.54. The Kier molecular flexibility index (Phi) is 6.97. The highest BCUT2D eigenvalue weighted by molar-refractivity contribution is 7.15. The van der Waals surface area contributed by atoms with Gasteiger partial charge in [-0.15, -0.1) is 11.3 Å².